The van der Waals surface area contributed by atoms with Gasteiger partial charge in [-0.2, -0.15) is 5.10 Å². The van der Waals surface area contributed by atoms with Crippen molar-refractivity contribution >= 4 is 26.6 Å². The van der Waals surface area contributed by atoms with Crippen LogP contribution in [0.3, 0.4) is 0 Å². The minimum atomic E-state index is -3.39. The van der Waals surface area contributed by atoms with Crippen molar-refractivity contribution in [1.29, 1.82) is 0 Å². The topological polar surface area (TPSA) is 55.2 Å². The van der Waals surface area contributed by atoms with Gasteiger partial charge in [-0.25, -0.2) is 17.5 Å². The summed E-state index contributed by atoms with van der Waals surface area (Å²) in [7, 11) is -3.39. The second-order valence-corrected chi connectivity index (χ2v) is 9.07. The summed E-state index contributed by atoms with van der Waals surface area (Å²) in [5, 5.41) is 5.22. The normalized spacial score (nSPS) is 18.4. The maximum absolute atomic E-state index is 13.2. The van der Waals surface area contributed by atoms with Crippen LogP contribution in [0.1, 0.15) is 18.0 Å². The molecule has 2 heterocycles. The van der Waals surface area contributed by atoms with Gasteiger partial charge >= 0.3 is 0 Å². The van der Waals surface area contributed by atoms with Crippen LogP contribution in [0.2, 0.25) is 0 Å². The first kappa shape index (κ1) is 17.9. The highest BCUT2D eigenvalue weighted by molar-refractivity contribution is 7.93. The molecular weight excluding hydrogens is 389 g/mol. The molecule has 1 saturated heterocycles. The van der Waals surface area contributed by atoms with Crippen LogP contribution in [0.25, 0.3) is 16.6 Å². The van der Waals surface area contributed by atoms with E-state index in [0.717, 1.165) is 22.2 Å². The lowest BCUT2D eigenvalue weighted by Gasteiger charge is -2.25. The SMILES string of the molecule is O=S1(=O)CC[C@H](c2ccccc2)N1c1ccc2c(cnn2-c2ccc(F)cc2)c1. The first-order valence-electron chi connectivity index (χ1n) is 9.34. The zero-order valence-corrected chi connectivity index (χ0v) is 16.3. The average Bonchev–Trinajstić information content (AvgIpc) is 3.29. The Kier molecular flexibility index (Phi) is 4.13. The van der Waals surface area contributed by atoms with E-state index in [-0.39, 0.29) is 17.6 Å². The fraction of sp³-hybridized carbons (Fsp3) is 0.136. The molecule has 0 aliphatic carbocycles. The molecule has 7 heteroatoms. The van der Waals surface area contributed by atoms with Crippen LogP contribution < -0.4 is 4.31 Å². The monoisotopic (exact) mass is 407 g/mol. The number of rotatable bonds is 3. The minimum absolute atomic E-state index is 0.124. The van der Waals surface area contributed by atoms with E-state index in [1.807, 2.05) is 48.5 Å². The van der Waals surface area contributed by atoms with E-state index in [9.17, 15) is 12.8 Å². The number of halogens is 1. The van der Waals surface area contributed by atoms with Crippen molar-refractivity contribution < 1.29 is 12.8 Å². The molecule has 1 aliphatic rings. The van der Waals surface area contributed by atoms with Crippen LogP contribution in [-0.4, -0.2) is 24.0 Å². The molecule has 146 valence electrons. The standard InChI is InChI=1S/C22H18FN3O2S/c23-18-6-8-19(9-7-18)25-21-11-10-20(14-17(21)15-24-25)26-22(12-13-29(26,27)28)16-4-2-1-3-5-16/h1-11,14-15,22H,12-13H2/t22-/m1/s1. The van der Waals surface area contributed by atoms with E-state index in [2.05, 4.69) is 5.10 Å². The summed E-state index contributed by atoms with van der Waals surface area (Å²) in [6.07, 6.45) is 2.25. The predicted molar refractivity (Wildman–Crippen MR) is 111 cm³/mol. The fourth-order valence-electron chi connectivity index (χ4n) is 3.93. The highest BCUT2D eigenvalue weighted by Crippen LogP contribution is 2.39. The van der Waals surface area contributed by atoms with Crippen molar-refractivity contribution in [2.75, 3.05) is 10.1 Å². The molecule has 1 fully saturated rings. The molecule has 0 amide bonds. The van der Waals surface area contributed by atoms with Gasteiger partial charge in [-0.1, -0.05) is 30.3 Å². The molecule has 0 N–H and O–H groups in total. The van der Waals surface area contributed by atoms with Gasteiger partial charge in [0, 0.05) is 5.39 Å². The molecule has 4 aromatic rings. The molecule has 29 heavy (non-hydrogen) atoms. The van der Waals surface area contributed by atoms with Crippen LogP contribution in [0.4, 0.5) is 10.1 Å². The molecule has 0 spiro atoms. The number of fused-ring (bicyclic) bond motifs is 1. The molecule has 5 nitrogen and oxygen atoms in total. The summed E-state index contributed by atoms with van der Waals surface area (Å²) in [6.45, 7) is 0. The second-order valence-electron chi connectivity index (χ2n) is 7.10. The summed E-state index contributed by atoms with van der Waals surface area (Å²) < 4.78 is 42.1. The molecule has 1 aliphatic heterocycles. The van der Waals surface area contributed by atoms with E-state index in [0.29, 0.717) is 12.1 Å². The van der Waals surface area contributed by atoms with Crippen LogP contribution >= 0.6 is 0 Å². The largest absolute Gasteiger partial charge is 0.263 e. The lowest BCUT2D eigenvalue weighted by Crippen LogP contribution is -2.28. The summed E-state index contributed by atoms with van der Waals surface area (Å²) >= 11 is 0. The van der Waals surface area contributed by atoms with Gasteiger partial charge in [-0.05, 0) is 54.4 Å². The Morgan fingerprint density at radius 3 is 2.41 bits per heavy atom. The Bertz CT molecular complexity index is 1280. The van der Waals surface area contributed by atoms with E-state index in [1.54, 1.807) is 23.0 Å². The van der Waals surface area contributed by atoms with E-state index >= 15 is 0 Å². The van der Waals surface area contributed by atoms with Crippen LogP contribution in [-0.2, 0) is 10.0 Å². The molecule has 0 bridgehead atoms. The highest BCUT2D eigenvalue weighted by atomic mass is 32.2. The van der Waals surface area contributed by atoms with Crippen LogP contribution in [0.5, 0.6) is 0 Å². The Morgan fingerprint density at radius 2 is 1.66 bits per heavy atom. The van der Waals surface area contributed by atoms with Crippen molar-refractivity contribution in [2.24, 2.45) is 0 Å². The van der Waals surface area contributed by atoms with Crippen LogP contribution in [0.15, 0.2) is 79.0 Å². The van der Waals surface area contributed by atoms with E-state index < -0.39 is 10.0 Å². The molecule has 0 unspecified atom stereocenters. The van der Waals surface area contributed by atoms with E-state index in [4.69, 9.17) is 0 Å². The Balaban J connectivity index is 1.58. The van der Waals surface area contributed by atoms with Gasteiger partial charge in [0.1, 0.15) is 5.82 Å². The first-order chi connectivity index (χ1) is 14.0. The van der Waals surface area contributed by atoms with Gasteiger partial charge in [0.25, 0.3) is 0 Å². The molecule has 3 aromatic carbocycles. The minimum Gasteiger partial charge on any atom is -0.263 e. The van der Waals surface area contributed by atoms with Crippen molar-refractivity contribution in [2.45, 2.75) is 12.5 Å². The third-order valence-corrected chi connectivity index (χ3v) is 7.11. The van der Waals surface area contributed by atoms with Crippen molar-refractivity contribution in [3.63, 3.8) is 0 Å². The van der Waals surface area contributed by atoms with Crippen molar-refractivity contribution in [3.8, 4) is 5.69 Å². The van der Waals surface area contributed by atoms with Gasteiger partial charge in [0.05, 0.1) is 34.9 Å². The molecule has 5 rings (SSSR count). The predicted octanol–water partition coefficient (Wildman–Crippen LogP) is 4.45. The number of hydrogen-bond donors (Lipinski definition) is 0. The summed E-state index contributed by atoms with van der Waals surface area (Å²) in [4.78, 5) is 0. The number of sulfonamides is 1. The fourth-order valence-corrected chi connectivity index (χ4v) is 5.70. The zero-order valence-electron chi connectivity index (χ0n) is 15.4. The smallest absolute Gasteiger partial charge is 0.235 e. The van der Waals surface area contributed by atoms with Crippen molar-refractivity contribution in [3.05, 3.63) is 90.4 Å². The Labute approximate surface area is 168 Å². The van der Waals surface area contributed by atoms with E-state index in [1.165, 1.54) is 16.4 Å². The van der Waals surface area contributed by atoms with Gasteiger partial charge in [-0.3, -0.25) is 4.31 Å². The van der Waals surface area contributed by atoms with Crippen molar-refractivity contribution in [1.82, 2.24) is 9.78 Å². The first-order valence-corrected chi connectivity index (χ1v) is 10.9. The molecular formula is C22H18FN3O2S. The second kappa shape index (κ2) is 6.70. The van der Waals surface area contributed by atoms with Gasteiger partial charge < -0.3 is 0 Å². The highest BCUT2D eigenvalue weighted by Gasteiger charge is 2.38. The Morgan fingerprint density at radius 1 is 0.931 bits per heavy atom. The number of anilines is 1. The quantitative estimate of drug-likeness (QED) is 0.504. The summed E-state index contributed by atoms with van der Waals surface area (Å²) in [6, 6.07) is 21.1. The molecule has 0 saturated carbocycles. The lowest BCUT2D eigenvalue weighted by molar-refractivity contribution is 0.597. The summed E-state index contributed by atoms with van der Waals surface area (Å²) in [5.74, 6) is -0.182. The average molecular weight is 407 g/mol. The maximum Gasteiger partial charge on any atom is 0.235 e. The molecule has 1 atom stereocenters. The molecule has 0 radical (unpaired) electrons. The van der Waals surface area contributed by atoms with Crippen LogP contribution in [0, 0.1) is 5.82 Å². The summed E-state index contributed by atoms with van der Waals surface area (Å²) in [5.41, 5.74) is 3.18. The van der Waals surface area contributed by atoms with Gasteiger partial charge in [0.2, 0.25) is 10.0 Å². The number of benzene rings is 3. The third-order valence-electron chi connectivity index (χ3n) is 5.29. The maximum atomic E-state index is 13.2. The lowest BCUT2D eigenvalue weighted by atomic mass is 10.0. The van der Waals surface area contributed by atoms with Gasteiger partial charge in [0.15, 0.2) is 0 Å². The van der Waals surface area contributed by atoms with Gasteiger partial charge in [-0.15, -0.1) is 0 Å². The Hall–Kier alpha value is -3.19. The molecule has 1 aromatic heterocycles. The number of aromatic nitrogens is 2. The zero-order chi connectivity index (χ0) is 20.0. The third kappa shape index (κ3) is 3.07. The number of hydrogen-bond acceptors (Lipinski definition) is 3. The number of nitrogens with zero attached hydrogens (tertiary/aromatic N) is 3.